The van der Waals surface area contributed by atoms with Crippen LogP contribution in [0, 0.1) is 5.82 Å². The normalized spacial score (nSPS) is 24.2. The predicted octanol–water partition coefficient (Wildman–Crippen LogP) is 2.44. The summed E-state index contributed by atoms with van der Waals surface area (Å²) >= 11 is 0. The van der Waals surface area contributed by atoms with Crippen molar-refractivity contribution >= 4 is 11.6 Å². The van der Waals surface area contributed by atoms with Gasteiger partial charge in [-0.1, -0.05) is 36.4 Å². The Kier molecular flexibility index (Phi) is 4.04. The van der Waals surface area contributed by atoms with Gasteiger partial charge in [0.15, 0.2) is 0 Å². The van der Waals surface area contributed by atoms with Crippen LogP contribution < -0.4 is 4.90 Å². The molecule has 0 unspecified atom stereocenters. The molecule has 5 heteroatoms. The topological polar surface area (TPSA) is 32.8 Å². The number of benzene rings is 2. The molecule has 124 valence electrons. The van der Waals surface area contributed by atoms with Crippen LogP contribution in [0.3, 0.4) is 0 Å². The predicted molar refractivity (Wildman–Crippen MR) is 89.1 cm³/mol. The van der Waals surface area contributed by atoms with Gasteiger partial charge in [-0.05, 0) is 18.2 Å². The Bertz CT molecular complexity index is 737. The highest BCUT2D eigenvalue weighted by atomic mass is 19.1. The third-order valence-corrected chi connectivity index (χ3v) is 4.72. The fourth-order valence-corrected chi connectivity index (χ4v) is 3.60. The van der Waals surface area contributed by atoms with Crippen molar-refractivity contribution < 1.29 is 13.9 Å². The Labute approximate surface area is 140 Å². The Morgan fingerprint density at radius 3 is 2.58 bits per heavy atom. The molecule has 4 nitrogen and oxygen atoms in total. The van der Waals surface area contributed by atoms with E-state index >= 15 is 0 Å². The summed E-state index contributed by atoms with van der Waals surface area (Å²) in [5.74, 6) is -0.209. The summed E-state index contributed by atoms with van der Waals surface area (Å²) < 4.78 is 19.6. The fraction of sp³-hybridized carbons (Fsp3) is 0.316. The third-order valence-electron chi connectivity index (χ3n) is 4.72. The number of halogens is 1. The molecular formula is C19H19FN2O2. The number of ether oxygens (including phenoxy) is 1. The van der Waals surface area contributed by atoms with Crippen LogP contribution in [0.5, 0.6) is 0 Å². The van der Waals surface area contributed by atoms with Crippen molar-refractivity contribution in [1.82, 2.24) is 4.90 Å². The van der Waals surface area contributed by atoms with Crippen LogP contribution in [0.2, 0.25) is 0 Å². The van der Waals surface area contributed by atoms with E-state index in [1.54, 1.807) is 12.1 Å². The van der Waals surface area contributed by atoms with Crippen LogP contribution >= 0.6 is 0 Å². The standard InChI is InChI=1S/C19H19FN2O2/c20-16-9-5-4-6-14(16)10-21-11-17-18(12-21)24-13-19(23)22(17)15-7-2-1-3-8-15/h1-9,17-18H,10-13H2/t17-,18+/m1/s1. The van der Waals surface area contributed by atoms with Crippen molar-refractivity contribution in [3.05, 3.63) is 66.0 Å². The number of morpholine rings is 1. The number of para-hydroxylation sites is 1. The fourth-order valence-electron chi connectivity index (χ4n) is 3.60. The molecule has 0 aliphatic carbocycles. The molecule has 4 rings (SSSR count). The van der Waals surface area contributed by atoms with Gasteiger partial charge >= 0.3 is 0 Å². The minimum absolute atomic E-state index is 0.0183. The average Bonchev–Trinajstić information content (AvgIpc) is 3.00. The Morgan fingerprint density at radius 2 is 1.79 bits per heavy atom. The molecule has 2 aliphatic heterocycles. The molecule has 2 atom stereocenters. The lowest BCUT2D eigenvalue weighted by atomic mass is 10.1. The minimum atomic E-state index is -0.190. The minimum Gasteiger partial charge on any atom is -0.365 e. The molecule has 2 aromatic rings. The number of hydrogen-bond donors (Lipinski definition) is 0. The maximum absolute atomic E-state index is 13.9. The first-order valence-electron chi connectivity index (χ1n) is 8.17. The highest BCUT2D eigenvalue weighted by Crippen LogP contribution is 2.29. The molecule has 0 N–H and O–H groups in total. The van der Waals surface area contributed by atoms with E-state index in [9.17, 15) is 9.18 Å². The summed E-state index contributed by atoms with van der Waals surface area (Å²) in [5, 5.41) is 0. The van der Waals surface area contributed by atoms with E-state index in [4.69, 9.17) is 4.74 Å². The first-order valence-corrected chi connectivity index (χ1v) is 8.17. The maximum atomic E-state index is 13.9. The first-order chi connectivity index (χ1) is 11.7. The van der Waals surface area contributed by atoms with Gasteiger partial charge in [0.05, 0.1) is 12.1 Å². The van der Waals surface area contributed by atoms with E-state index < -0.39 is 0 Å². The molecule has 2 fully saturated rings. The number of rotatable bonds is 3. The van der Waals surface area contributed by atoms with Crippen molar-refractivity contribution in [2.24, 2.45) is 0 Å². The van der Waals surface area contributed by atoms with Crippen LogP contribution in [-0.4, -0.2) is 42.6 Å². The number of fused-ring (bicyclic) bond motifs is 1. The molecule has 2 aromatic carbocycles. The number of carbonyl (C=O) groups is 1. The van der Waals surface area contributed by atoms with Gasteiger partial charge in [-0.2, -0.15) is 0 Å². The molecule has 2 saturated heterocycles. The third kappa shape index (κ3) is 2.81. The van der Waals surface area contributed by atoms with Crippen molar-refractivity contribution in [1.29, 1.82) is 0 Å². The monoisotopic (exact) mass is 326 g/mol. The van der Waals surface area contributed by atoms with E-state index in [1.165, 1.54) is 6.07 Å². The Balaban J connectivity index is 1.54. The van der Waals surface area contributed by atoms with E-state index in [1.807, 2.05) is 41.3 Å². The smallest absolute Gasteiger partial charge is 0.253 e. The van der Waals surface area contributed by atoms with Gasteiger partial charge in [-0.3, -0.25) is 9.69 Å². The Morgan fingerprint density at radius 1 is 1.04 bits per heavy atom. The summed E-state index contributed by atoms with van der Waals surface area (Å²) in [7, 11) is 0. The number of hydrogen-bond acceptors (Lipinski definition) is 3. The van der Waals surface area contributed by atoms with Crippen LogP contribution in [-0.2, 0) is 16.1 Å². The molecule has 0 radical (unpaired) electrons. The molecule has 2 aliphatic rings. The summed E-state index contributed by atoms with van der Waals surface area (Å²) in [4.78, 5) is 16.4. The lowest BCUT2D eigenvalue weighted by Crippen LogP contribution is -2.54. The zero-order valence-electron chi connectivity index (χ0n) is 13.3. The molecule has 24 heavy (non-hydrogen) atoms. The van der Waals surface area contributed by atoms with Gasteiger partial charge < -0.3 is 9.64 Å². The SMILES string of the molecule is O=C1CO[C@H]2CN(Cc3ccccc3F)C[C@H]2N1c1ccccc1. The number of carbonyl (C=O) groups excluding carboxylic acids is 1. The van der Waals surface area contributed by atoms with Crippen LogP contribution in [0.1, 0.15) is 5.56 Å². The molecule has 0 bridgehead atoms. The van der Waals surface area contributed by atoms with Gasteiger partial charge in [0, 0.05) is 30.9 Å². The number of amides is 1. The van der Waals surface area contributed by atoms with Gasteiger partial charge in [0.25, 0.3) is 5.91 Å². The second kappa shape index (κ2) is 6.34. The lowest BCUT2D eigenvalue weighted by molar-refractivity contribution is -0.130. The molecule has 0 saturated carbocycles. The van der Waals surface area contributed by atoms with Gasteiger partial charge in [-0.15, -0.1) is 0 Å². The van der Waals surface area contributed by atoms with Crippen LogP contribution in [0.15, 0.2) is 54.6 Å². The highest BCUT2D eigenvalue weighted by molar-refractivity contribution is 5.95. The van der Waals surface area contributed by atoms with Gasteiger partial charge in [0.2, 0.25) is 0 Å². The summed E-state index contributed by atoms with van der Waals surface area (Å²) in [6.45, 7) is 2.01. The number of likely N-dealkylation sites (tertiary alicyclic amines) is 1. The second-order valence-electron chi connectivity index (χ2n) is 6.30. The second-order valence-corrected chi connectivity index (χ2v) is 6.30. The zero-order chi connectivity index (χ0) is 16.5. The Hall–Kier alpha value is -2.24. The van der Waals surface area contributed by atoms with Gasteiger partial charge in [0.1, 0.15) is 12.4 Å². The van der Waals surface area contributed by atoms with Crippen molar-refractivity contribution in [3.8, 4) is 0 Å². The summed E-state index contributed by atoms with van der Waals surface area (Å²) in [5.41, 5.74) is 1.57. The van der Waals surface area contributed by atoms with Crippen molar-refractivity contribution in [2.45, 2.75) is 18.7 Å². The van der Waals surface area contributed by atoms with Crippen LogP contribution in [0.4, 0.5) is 10.1 Å². The maximum Gasteiger partial charge on any atom is 0.253 e. The number of nitrogens with zero attached hydrogens (tertiary/aromatic N) is 2. The zero-order valence-corrected chi connectivity index (χ0v) is 13.3. The van der Waals surface area contributed by atoms with Crippen LogP contribution in [0.25, 0.3) is 0 Å². The van der Waals surface area contributed by atoms with Crippen molar-refractivity contribution in [2.75, 3.05) is 24.6 Å². The largest absolute Gasteiger partial charge is 0.365 e. The average molecular weight is 326 g/mol. The first kappa shape index (κ1) is 15.3. The van der Waals surface area contributed by atoms with E-state index in [0.717, 1.165) is 5.69 Å². The molecule has 1 amide bonds. The van der Waals surface area contributed by atoms with E-state index in [0.29, 0.717) is 25.2 Å². The van der Waals surface area contributed by atoms with Gasteiger partial charge in [-0.25, -0.2) is 4.39 Å². The number of anilines is 1. The van der Waals surface area contributed by atoms with Crippen molar-refractivity contribution in [3.63, 3.8) is 0 Å². The lowest BCUT2D eigenvalue weighted by Gasteiger charge is -2.36. The molecule has 2 heterocycles. The summed E-state index contributed by atoms with van der Waals surface area (Å²) in [6.07, 6.45) is -0.0327. The molecule has 0 aromatic heterocycles. The quantitative estimate of drug-likeness (QED) is 0.868. The van der Waals surface area contributed by atoms with E-state index in [-0.39, 0.29) is 30.5 Å². The highest BCUT2D eigenvalue weighted by Gasteiger charge is 2.43. The molecular weight excluding hydrogens is 307 g/mol. The molecule has 0 spiro atoms. The van der Waals surface area contributed by atoms with E-state index in [2.05, 4.69) is 4.90 Å². The summed E-state index contributed by atoms with van der Waals surface area (Å²) in [6, 6.07) is 16.5.